The van der Waals surface area contributed by atoms with Crippen molar-refractivity contribution in [1.82, 2.24) is 5.32 Å². The van der Waals surface area contributed by atoms with Crippen LogP contribution < -0.4 is 5.32 Å². The number of rotatable bonds is 1. The van der Waals surface area contributed by atoms with E-state index in [0.29, 0.717) is 21.7 Å². The average Bonchev–Trinajstić information content (AvgIpc) is 2.81. The Morgan fingerprint density at radius 1 is 1.00 bits per heavy atom. The van der Waals surface area contributed by atoms with Gasteiger partial charge in [-0.2, -0.15) is 0 Å². The molecular formula is C18H15Cl2NO. The lowest BCUT2D eigenvalue weighted by Gasteiger charge is -2.25. The Bertz CT molecular complexity index is 772. The van der Waals surface area contributed by atoms with E-state index in [1.54, 1.807) is 6.07 Å². The second-order valence-electron chi connectivity index (χ2n) is 6.00. The van der Waals surface area contributed by atoms with Crippen LogP contribution in [-0.2, 0) is 0 Å². The van der Waals surface area contributed by atoms with Crippen LogP contribution in [0.25, 0.3) is 11.1 Å². The minimum absolute atomic E-state index is 0.146. The average molecular weight is 332 g/mol. The van der Waals surface area contributed by atoms with Gasteiger partial charge in [0, 0.05) is 39.6 Å². The van der Waals surface area contributed by atoms with Gasteiger partial charge in [0.2, 0.25) is 0 Å². The standard InChI is InChI=1S/C18H15Cl2NO/c19-11-2-4-12(17(20)8-11)10-1-3-13-15(7-10)16-9-21-6-5-14(16)18(13)22/h1-4,7-8,14,16,21H,5-6,9H2/t14-,16+/m1/s1. The van der Waals surface area contributed by atoms with E-state index in [0.717, 1.165) is 41.8 Å². The van der Waals surface area contributed by atoms with E-state index < -0.39 is 0 Å². The number of piperidine rings is 1. The first-order chi connectivity index (χ1) is 10.6. The van der Waals surface area contributed by atoms with Crippen LogP contribution in [0, 0.1) is 5.92 Å². The van der Waals surface area contributed by atoms with Gasteiger partial charge in [-0.1, -0.05) is 47.5 Å². The number of carbonyl (C=O) groups is 1. The maximum absolute atomic E-state index is 12.5. The molecular weight excluding hydrogens is 317 g/mol. The second-order valence-corrected chi connectivity index (χ2v) is 6.84. The van der Waals surface area contributed by atoms with Crippen molar-refractivity contribution in [2.45, 2.75) is 12.3 Å². The topological polar surface area (TPSA) is 29.1 Å². The zero-order valence-corrected chi connectivity index (χ0v) is 13.4. The Labute approximate surface area is 139 Å². The van der Waals surface area contributed by atoms with Crippen molar-refractivity contribution in [3.63, 3.8) is 0 Å². The van der Waals surface area contributed by atoms with Crippen LogP contribution in [0.4, 0.5) is 0 Å². The number of benzene rings is 2. The molecule has 0 spiro atoms. The van der Waals surface area contributed by atoms with Crippen molar-refractivity contribution in [1.29, 1.82) is 0 Å². The molecule has 0 bridgehead atoms. The highest BCUT2D eigenvalue weighted by molar-refractivity contribution is 6.36. The van der Waals surface area contributed by atoms with E-state index >= 15 is 0 Å². The van der Waals surface area contributed by atoms with Gasteiger partial charge in [-0.25, -0.2) is 0 Å². The number of hydrogen-bond acceptors (Lipinski definition) is 2. The Morgan fingerprint density at radius 3 is 2.64 bits per heavy atom. The molecule has 2 aromatic rings. The molecule has 1 aliphatic heterocycles. The zero-order chi connectivity index (χ0) is 15.3. The summed E-state index contributed by atoms with van der Waals surface area (Å²) in [7, 11) is 0. The van der Waals surface area contributed by atoms with Gasteiger partial charge in [0.05, 0.1) is 0 Å². The summed E-state index contributed by atoms with van der Waals surface area (Å²) in [5.41, 5.74) is 4.03. The van der Waals surface area contributed by atoms with Crippen LogP contribution in [-0.4, -0.2) is 18.9 Å². The monoisotopic (exact) mass is 331 g/mol. The van der Waals surface area contributed by atoms with Crippen LogP contribution >= 0.6 is 23.2 Å². The van der Waals surface area contributed by atoms with Crippen molar-refractivity contribution in [3.8, 4) is 11.1 Å². The molecule has 1 saturated heterocycles. The third-order valence-electron chi connectivity index (χ3n) is 4.78. The molecule has 4 rings (SSSR count). The Hall–Kier alpha value is -1.35. The van der Waals surface area contributed by atoms with Gasteiger partial charge in [0.25, 0.3) is 0 Å². The van der Waals surface area contributed by atoms with Crippen molar-refractivity contribution >= 4 is 29.0 Å². The molecule has 22 heavy (non-hydrogen) atoms. The molecule has 0 unspecified atom stereocenters. The van der Waals surface area contributed by atoms with Crippen LogP contribution in [0.15, 0.2) is 36.4 Å². The SMILES string of the molecule is O=C1c2ccc(-c3ccc(Cl)cc3Cl)cc2[C@H]2CNCC[C@@H]12. The van der Waals surface area contributed by atoms with E-state index in [1.165, 1.54) is 0 Å². The maximum atomic E-state index is 12.5. The number of hydrogen-bond donors (Lipinski definition) is 1. The van der Waals surface area contributed by atoms with E-state index in [9.17, 15) is 4.79 Å². The normalized spacial score (nSPS) is 23.3. The Morgan fingerprint density at radius 2 is 1.82 bits per heavy atom. The highest BCUT2D eigenvalue weighted by Crippen LogP contribution is 2.43. The van der Waals surface area contributed by atoms with E-state index in [1.807, 2.05) is 24.3 Å². The largest absolute Gasteiger partial charge is 0.316 e. The molecule has 1 fully saturated rings. The summed E-state index contributed by atoms with van der Waals surface area (Å²) >= 11 is 12.3. The molecule has 2 aliphatic rings. The van der Waals surface area contributed by atoms with Crippen molar-refractivity contribution in [2.75, 3.05) is 13.1 Å². The molecule has 112 valence electrons. The molecule has 0 amide bonds. The van der Waals surface area contributed by atoms with Gasteiger partial charge in [0.1, 0.15) is 0 Å². The number of nitrogens with one attached hydrogen (secondary N) is 1. The molecule has 1 aliphatic carbocycles. The van der Waals surface area contributed by atoms with Crippen molar-refractivity contribution in [3.05, 3.63) is 57.6 Å². The smallest absolute Gasteiger partial charge is 0.166 e. The summed E-state index contributed by atoms with van der Waals surface area (Å²) in [6, 6.07) is 11.6. The fourth-order valence-electron chi connectivity index (χ4n) is 3.68. The number of Topliss-reactive ketones (excluding diaryl/α,β-unsaturated/α-hetero) is 1. The third-order valence-corrected chi connectivity index (χ3v) is 5.33. The minimum Gasteiger partial charge on any atom is -0.316 e. The summed E-state index contributed by atoms with van der Waals surface area (Å²) in [5.74, 6) is 0.740. The van der Waals surface area contributed by atoms with Gasteiger partial charge < -0.3 is 5.32 Å². The number of carbonyl (C=O) groups excluding carboxylic acids is 1. The molecule has 2 atom stereocenters. The molecule has 1 N–H and O–H groups in total. The first kappa shape index (κ1) is 14.3. The predicted octanol–water partition coefficient (Wildman–Crippen LogP) is 4.55. The van der Waals surface area contributed by atoms with Gasteiger partial charge in [-0.15, -0.1) is 0 Å². The van der Waals surface area contributed by atoms with E-state index in [-0.39, 0.29) is 5.92 Å². The maximum Gasteiger partial charge on any atom is 0.166 e. The first-order valence-corrected chi connectivity index (χ1v) is 8.25. The molecule has 0 aromatic heterocycles. The zero-order valence-electron chi connectivity index (χ0n) is 11.9. The van der Waals surface area contributed by atoms with Crippen LogP contribution in [0.5, 0.6) is 0 Å². The third kappa shape index (κ3) is 2.18. The van der Waals surface area contributed by atoms with Crippen LogP contribution in [0.1, 0.15) is 28.3 Å². The molecule has 2 aromatic carbocycles. The lowest BCUT2D eigenvalue weighted by Crippen LogP contribution is -2.34. The number of fused-ring (bicyclic) bond motifs is 3. The van der Waals surface area contributed by atoms with Crippen LogP contribution in [0.2, 0.25) is 10.0 Å². The molecule has 0 saturated carbocycles. The predicted molar refractivity (Wildman–Crippen MR) is 89.9 cm³/mol. The van der Waals surface area contributed by atoms with Crippen LogP contribution in [0.3, 0.4) is 0 Å². The van der Waals surface area contributed by atoms with Gasteiger partial charge in [-0.05, 0) is 36.2 Å². The summed E-state index contributed by atoms with van der Waals surface area (Å²) in [4.78, 5) is 12.5. The van der Waals surface area contributed by atoms with Gasteiger partial charge in [-0.3, -0.25) is 4.79 Å². The van der Waals surface area contributed by atoms with Gasteiger partial charge >= 0.3 is 0 Å². The molecule has 4 heteroatoms. The molecule has 2 nitrogen and oxygen atoms in total. The highest BCUT2D eigenvalue weighted by atomic mass is 35.5. The van der Waals surface area contributed by atoms with Gasteiger partial charge in [0.15, 0.2) is 5.78 Å². The summed E-state index contributed by atoms with van der Waals surface area (Å²) < 4.78 is 0. The second kappa shape index (κ2) is 5.38. The quantitative estimate of drug-likeness (QED) is 0.830. The van der Waals surface area contributed by atoms with Crippen molar-refractivity contribution < 1.29 is 4.79 Å². The lowest BCUT2D eigenvalue weighted by atomic mass is 9.86. The summed E-state index contributed by atoms with van der Waals surface area (Å²) in [5, 5.41) is 4.66. The molecule has 1 heterocycles. The van der Waals surface area contributed by atoms with E-state index in [2.05, 4.69) is 11.4 Å². The fraction of sp³-hybridized carbons (Fsp3) is 0.278. The Kier molecular flexibility index (Phi) is 3.48. The summed E-state index contributed by atoms with van der Waals surface area (Å²) in [6.07, 6.45) is 0.926. The Balaban J connectivity index is 1.81. The number of ketones is 1. The van der Waals surface area contributed by atoms with E-state index in [4.69, 9.17) is 23.2 Å². The fourth-order valence-corrected chi connectivity index (χ4v) is 4.20. The minimum atomic E-state index is 0.146. The van der Waals surface area contributed by atoms with Crippen molar-refractivity contribution in [2.24, 2.45) is 5.92 Å². The summed E-state index contributed by atoms with van der Waals surface area (Å²) in [6.45, 7) is 1.80. The first-order valence-electron chi connectivity index (χ1n) is 7.49. The number of halogens is 2. The lowest BCUT2D eigenvalue weighted by molar-refractivity contribution is 0.0904. The molecule has 0 radical (unpaired) electrons. The highest BCUT2D eigenvalue weighted by Gasteiger charge is 2.40.